The van der Waals surface area contributed by atoms with E-state index >= 15 is 0 Å². The summed E-state index contributed by atoms with van der Waals surface area (Å²) in [7, 11) is 16.6. The van der Waals surface area contributed by atoms with Gasteiger partial charge in [0, 0.05) is 23.2 Å². The number of hydrogen-bond acceptors (Lipinski definition) is 37. The summed E-state index contributed by atoms with van der Waals surface area (Å²) in [5.74, 6) is 3.76. The second kappa shape index (κ2) is 52.8. The van der Waals surface area contributed by atoms with E-state index in [1.54, 1.807) is 90.8 Å². The van der Waals surface area contributed by atoms with Gasteiger partial charge < -0.3 is 110 Å². The zero-order valence-electron chi connectivity index (χ0n) is 78.3. The number of anilines is 4. The summed E-state index contributed by atoms with van der Waals surface area (Å²) in [5.41, 5.74) is 33.5. The number of ether oxygens (including phenoxy) is 14. The zero-order valence-corrected chi connectivity index (χ0v) is 81.4. The number of rotatable bonds is 25. The van der Waals surface area contributed by atoms with Crippen LogP contribution in [0.1, 0.15) is 144 Å². The van der Waals surface area contributed by atoms with E-state index in [1.165, 1.54) is 83.5 Å². The molecule has 0 unspecified atom stereocenters. The molecule has 46 heteroatoms. The van der Waals surface area contributed by atoms with E-state index < -0.39 is 47.0 Å². The maximum atomic E-state index is 13.1. The fourth-order valence-corrected chi connectivity index (χ4v) is 12.3. The third-order valence-electron chi connectivity index (χ3n) is 17.3. The molecule has 0 spiro atoms. The Morgan fingerprint density at radius 3 is 0.887 bits per heavy atom. The van der Waals surface area contributed by atoms with Gasteiger partial charge in [-0.25, -0.2) is 78.8 Å². The van der Waals surface area contributed by atoms with E-state index in [4.69, 9.17) is 146 Å². The van der Waals surface area contributed by atoms with Crippen LogP contribution in [0.15, 0.2) is 97.4 Å². The van der Waals surface area contributed by atoms with Crippen molar-refractivity contribution in [3.8, 4) is 63.4 Å². The number of carboxylic acids is 1. The molecule has 4 aromatic carbocycles. The highest BCUT2D eigenvalue weighted by Gasteiger charge is 2.33. The Kier molecular flexibility index (Phi) is 44.2. The van der Waals surface area contributed by atoms with Crippen molar-refractivity contribution in [2.75, 3.05) is 101 Å². The monoisotopic (exact) mass is 1930 g/mol. The van der Waals surface area contributed by atoms with Gasteiger partial charge in [0.25, 0.3) is 5.56 Å². The van der Waals surface area contributed by atoms with Crippen LogP contribution in [-0.4, -0.2) is 210 Å². The fraction of sp³-hybridized carbons (Fsp3) is 0.391. The molecule has 10 rings (SSSR count). The molecule has 133 heavy (non-hydrogen) atoms. The second-order valence-electron chi connectivity index (χ2n) is 30.6. The Morgan fingerprint density at radius 2 is 0.632 bits per heavy atom. The van der Waals surface area contributed by atoms with Crippen LogP contribution in [0.4, 0.5) is 37.7 Å². The quantitative estimate of drug-likeness (QED) is 0.0150. The lowest BCUT2D eigenvalue weighted by atomic mass is 10.1. The van der Waals surface area contributed by atoms with Crippen LogP contribution >= 0.6 is 46.4 Å². The third-order valence-corrected chi connectivity index (χ3v) is 18.4. The summed E-state index contributed by atoms with van der Waals surface area (Å²) >= 11 is 22.9. The Bertz CT molecular complexity index is 5420. The van der Waals surface area contributed by atoms with Crippen LogP contribution < -0.4 is 81.6 Å². The molecule has 0 aliphatic carbocycles. The van der Waals surface area contributed by atoms with E-state index in [0.29, 0.717) is 74.8 Å². The molecular formula is C87H114Cl4N20O22. The van der Waals surface area contributed by atoms with Crippen molar-refractivity contribution in [1.29, 1.82) is 0 Å². The summed E-state index contributed by atoms with van der Waals surface area (Å²) in [6, 6.07) is 15.9. The zero-order chi connectivity index (χ0) is 100. The van der Waals surface area contributed by atoms with Gasteiger partial charge in [0.05, 0.1) is 152 Å². The van der Waals surface area contributed by atoms with Gasteiger partial charge in [-0.05, 0) is 161 Å². The molecule has 722 valence electrons. The van der Waals surface area contributed by atoms with Crippen LogP contribution in [0.2, 0.25) is 20.6 Å². The Balaban J connectivity index is 0.000000344. The van der Waals surface area contributed by atoms with Gasteiger partial charge in [-0.15, -0.1) is 0 Å². The third kappa shape index (κ3) is 35.0. The van der Waals surface area contributed by atoms with Crippen molar-refractivity contribution < 1.29 is 101 Å². The van der Waals surface area contributed by atoms with E-state index in [-0.39, 0.29) is 117 Å². The number of aromatic carboxylic acids is 1. The molecule has 0 aliphatic rings. The summed E-state index contributed by atoms with van der Waals surface area (Å²) < 4.78 is 74.5. The number of esters is 1. The number of carboxylic acid groups (broad SMARTS) is 1. The number of H-pyrrole nitrogens is 1. The number of aromatic nitrogens is 12. The number of nitrogens with one attached hydrogen (secondary N) is 1. The molecule has 3 amide bonds. The summed E-state index contributed by atoms with van der Waals surface area (Å²) in [6.07, 6.45) is 5.34. The number of methoxy groups -OCH3 is 11. The number of aromatic amines is 1. The van der Waals surface area contributed by atoms with Crippen LogP contribution in [0.3, 0.4) is 0 Å². The molecule has 0 fully saturated rings. The number of hydrogen-bond donors (Lipinski definition) is 8. The molecule has 42 nitrogen and oxygen atoms in total. The van der Waals surface area contributed by atoms with Crippen molar-refractivity contribution in [3.63, 3.8) is 0 Å². The molecular weight excluding hydrogens is 1820 g/mol. The predicted molar refractivity (Wildman–Crippen MR) is 497 cm³/mol. The Hall–Kier alpha value is -14.0. The highest BCUT2D eigenvalue weighted by atomic mass is 35.5. The van der Waals surface area contributed by atoms with Gasteiger partial charge in [-0.3, -0.25) is 19.5 Å². The van der Waals surface area contributed by atoms with Gasteiger partial charge in [0.1, 0.15) is 117 Å². The first-order valence-corrected chi connectivity index (χ1v) is 41.0. The highest BCUT2D eigenvalue weighted by molar-refractivity contribution is 6.35. The summed E-state index contributed by atoms with van der Waals surface area (Å²) in [5, 5.41) is 18.8. The minimum absolute atomic E-state index is 0.00886. The minimum Gasteiger partial charge on any atom is -0.496 e. The molecule has 0 saturated carbocycles. The van der Waals surface area contributed by atoms with Gasteiger partial charge >= 0.3 is 30.2 Å². The number of aryl methyl sites for hydroxylation is 4. The average Bonchev–Trinajstić information content (AvgIpc) is 0.803. The van der Waals surface area contributed by atoms with Crippen molar-refractivity contribution in [2.24, 2.45) is 5.73 Å². The molecule has 10 aromatic rings. The first kappa shape index (κ1) is 111. The average molecular weight is 1930 g/mol. The van der Waals surface area contributed by atoms with Crippen LogP contribution in [0.5, 0.6) is 63.4 Å². The number of nitrogens with two attached hydrogens (primary N) is 5. The Morgan fingerprint density at radius 1 is 0.361 bits per heavy atom. The second-order valence-corrected chi connectivity index (χ2v) is 32.1. The van der Waals surface area contributed by atoms with Gasteiger partial charge in [-0.2, -0.15) is 0 Å². The Labute approximate surface area is 789 Å². The van der Waals surface area contributed by atoms with Gasteiger partial charge in [-0.1, -0.05) is 46.4 Å². The minimum atomic E-state index is -1.28. The number of carbonyl (C=O) groups is 5. The normalized spacial score (nSPS) is 10.6. The van der Waals surface area contributed by atoms with Crippen LogP contribution in [0.25, 0.3) is 0 Å². The van der Waals surface area contributed by atoms with Crippen LogP contribution in [-0.2, 0) is 64.8 Å². The number of amides is 3. The number of halogens is 4. The highest BCUT2D eigenvalue weighted by Crippen LogP contribution is 2.38. The maximum Gasteiger partial charge on any atom is 0.410 e. The molecule has 0 radical (unpaired) electrons. The van der Waals surface area contributed by atoms with E-state index in [2.05, 4.69) is 59.8 Å². The van der Waals surface area contributed by atoms with Gasteiger partial charge in [0.2, 0.25) is 5.88 Å². The number of nitrogens with zero attached hydrogens (tertiary/aromatic N) is 14. The van der Waals surface area contributed by atoms with Crippen LogP contribution in [0, 0.1) is 27.7 Å². The van der Waals surface area contributed by atoms with E-state index in [1.807, 2.05) is 76.2 Å². The lowest BCUT2D eigenvalue weighted by Crippen LogP contribution is -2.37. The topological polar surface area (TPSA) is 570 Å². The first-order chi connectivity index (χ1) is 62.5. The predicted octanol–water partition coefficient (Wildman–Crippen LogP) is 13.6. The molecule has 6 aromatic heterocycles. The molecule has 0 bridgehead atoms. The lowest BCUT2D eigenvalue weighted by Gasteiger charge is -2.29. The standard InChI is InChI=1S/C22H30N4O6.C21H28N4O6.C20H27ClN4O4.C10H15NO2.C5H4Cl2N2O.C5H6ClN3O.C4H4N2O2/c1-13-8-16(29-5)14(17(9-13)30-6)10-26(21(28)32-22(2,3)4)11-15-18(20(27)31-7)24-12-25-19(15)23;1-12-7-15(29-5)13(16(8-12)30-6)9-25(20(28)31-21(2,3)4)10-14-17(19(26)27)23-11-24-18(14)22;1-12-7-15(27-5)13(16(8-12)28-6)9-25(19(26)29-20(2,3)4)10-14-17(21)23-11-24-18(14)22;1-7-4-9(12-2)8(6-11)10(5-7)13-3;2*1-10-3-4(6)8-2-9-5(3)7;7-3-1-4(8)6-2-5-3/h8-9,12H,10-11H2,1-7H3,(H2,23,24,25);7-8,11H,9-10H2,1-6H3,(H,26,27)(H2,22,23,24);7-8,11H,9-10H2,1-6H3,(H2,22,23,24);4-5H,6,11H2,1-3H3;2H,1H3;2H,1H3,(H2,7,8,9);1-2H,(H2,5,6,7,8). The van der Waals surface area contributed by atoms with Crippen molar-refractivity contribution in [2.45, 2.75) is 153 Å². The maximum absolute atomic E-state index is 13.1. The van der Waals surface area contributed by atoms with E-state index in [9.17, 15) is 33.9 Å². The van der Waals surface area contributed by atoms with E-state index in [0.717, 1.165) is 64.4 Å². The smallest absolute Gasteiger partial charge is 0.410 e. The molecule has 0 atom stereocenters. The first-order valence-electron chi connectivity index (χ1n) is 39.5. The fourth-order valence-electron chi connectivity index (χ4n) is 11.4. The largest absolute Gasteiger partial charge is 0.496 e. The lowest BCUT2D eigenvalue weighted by molar-refractivity contribution is 0.0203. The van der Waals surface area contributed by atoms with Crippen molar-refractivity contribution >= 4 is 99.9 Å². The molecule has 0 aliphatic heterocycles. The molecule has 13 N–H and O–H groups in total. The molecule has 0 saturated heterocycles. The SMILES string of the molecule is COC(=O)c1ncnc(N)c1CN(Cc1c(OC)cc(C)cc1OC)C(=O)OC(C)(C)C.COc1c(Cl)ncnc1Cl.COc1c(N)ncnc1Cl.COc1cc(C)cc(OC)c1CN.COc1cc(C)cc(OC)c1CN(Cc1c(N)ncnc1C(=O)O)C(=O)OC(C)(C)C.COc1cc(C)cc(OC)c1CN(Cc1c(N)ncnc1Cl)C(=O)OC(C)(C)C.O=c1cc(O)nc[nH]1. The number of aromatic hydroxyl groups is 1. The number of benzene rings is 4. The molecule has 6 heterocycles. The van der Waals surface area contributed by atoms with Crippen molar-refractivity contribution in [1.82, 2.24) is 74.5 Å². The van der Waals surface area contributed by atoms with Crippen molar-refractivity contribution in [3.05, 3.63) is 196 Å². The number of nitrogen functional groups attached to an aromatic ring is 4. The number of carbonyl (C=O) groups excluding carboxylic acids is 4. The summed E-state index contributed by atoms with van der Waals surface area (Å²) in [6.45, 7) is 24.0. The summed E-state index contributed by atoms with van der Waals surface area (Å²) in [4.78, 5) is 121. The van der Waals surface area contributed by atoms with Gasteiger partial charge in [0.15, 0.2) is 44.2 Å².